The van der Waals surface area contributed by atoms with E-state index in [4.69, 9.17) is 4.74 Å². The van der Waals surface area contributed by atoms with E-state index in [1.54, 1.807) is 0 Å². The molecule has 0 saturated heterocycles. The largest absolute Gasteiger partial charge is 0.477 e. The summed E-state index contributed by atoms with van der Waals surface area (Å²) in [4.78, 5) is 19.1. The van der Waals surface area contributed by atoms with Crippen LogP contribution < -0.4 is 4.74 Å². The highest BCUT2D eigenvalue weighted by Gasteiger charge is 2.08. The second-order valence-electron chi connectivity index (χ2n) is 4.00. The smallest absolute Gasteiger partial charge is 0.358 e. The highest BCUT2D eigenvalue weighted by Crippen LogP contribution is 2.08. The van der Waals surface area contributed by atoms with Gasteiger partial charge in [-0.2, -0.15) is 0 Å². The zero-order valence-electron chi connectivity index (χ0n) is 11.0. The number of esters is 1. The SMILES string of the molecule is CCCCCCCOc1cncc(C(=O)OC)n1. The Morgan fingerprint density at radius 3 is 2.72 bits per heavy atom. The van der Waals surface area contributed by atoms with Gasteiger partial charge in [0.25, 0.3) is 0 Å². The highest BCUT2D eigenvalue weighted by molar-refractivity contribution is 5.86. The lowest BCUT2D eigenvalue weighted by atomic mass is 10.2. The minimum absolute atomic E-state index is 0.168. The first-order valence-electron chi connectivity index (χ1n) is 6.31. The molecule has 1 aromatic rings. The van der Waals surface area contributed by atoms with Crippen LogP contribution in [0.15, 0.2) is 12.4 Å². The molecule has 18 heavy (non-hydrogen) atoms. The fourth-order valence-corrected chi connectivity index (χ4v) is 1.50. The van der Waals surface area contributed by atoms with Crippen molar-refractivity contribution in [2.24, 2.45) is 0 Å². The molecule has 0 atom stereocenters. The van der Waals surface area contributed by atoms with Crippen molar-refractivity contribution in [2.75, 3.05) is 13.7 Å². The first-order chi connectivity index (χ1) is 8.77. The molecule has 0 aliphatic carbocycles. The number of carbonyl (C=O) groups excluding carboxylic acids is 1. The Labute approximate surface area is 108 Å². The number of carbonyl (C=O) groups is 1. The van der Waals surface area contributed by atoms with Crippen molar-refractivity contribution in [1.29, 1.82) is 0 Å². The number of ether oxygens (including phenoxy) is 2. The molecule has 1 rings (SSSR count). The van der Waals surface area contributed by atoms with Gasteiger partial charge in [-0.1, -0.05) is 32.6 Å². The van der Waals surface area contributed by atoms with Crippen LogP contribution in [0.2, 0.25) is 0 Å². The topological polar surface area (TPSA) is 61.3 Å². The number of rotatable bonds is 8. The molecule has 0 unspecified atom stereocenters. The van der Waals surface area contributed by atoms with E-state index in [-0.39, 0.29) is 5.69 Å². The molecule has 0 saturated carbocycles. The molecule has 0 aliphatic rings. The normalized spacial score (nSPS) is 10.1. The summed E-state index contributed by atoms with van der Waals surface area (Å²) in [5.74, 6) is -0.135. The van der Waals surface area contributed by atoms with Crippen molar-refractivity contribution >= 4 is 5.97 Å². The zero-order chi connectivity index (χ0) is 13.2. The standard InChI is InChI=1S/C13H20N2O3/c1-3-4-5-6-7-8-18-12-10-14-9-11(15-12)13(16)17-2/h9-10H,3-8H2,1-2H3. The highest BCUT2D eigenvalue weighted by atomic mass is 16.5. The number of unbranched alkanes of at least 4 members (excludes halogenated alkanes) is 4. The van der Waals surface area contributed by atoms with Crippen molar-refractivity contribution in [3.05, 3.63) is 18.1 Å². The average molecular weight is 252 g/mol. The second kappa shape index (κ2) is 8.44. The van der Waals surface area contributed by atoms with Crippen molar-refractivity contribution in [3.8, 4) is 5.88 Å². The summed E-state index contributed by atoms with van der Waals surface area (Å²) < 4.78 is 10.0. The molecule has 0 aliphatic heterocycles. The van der Waals surface area contributed by atoms with Crippen molar-refractivity contribution < 1.29 is 14.3 Å². The van der Waals surface area contributed by atoms with Gasteiger partial charge in [-0.3, -0.25) is 4.98 Å². The average Bonchev–Trinajstić information content (AvgIpc) is 2.42. The van der Waals surface area contributed by atoms with Gasteiger partial charge < -0.3 is 9.47 Å². The minimum atomic E-state index is -0.504. The number of nitrogens with zero attached hydrogens (tertiary/aromatic N) is 2. The van der Waals surface area contributed by atoms with E-state index in [1.165, 1.54) is 38.8 Å². The Bertz CT molecular complexity index is 369. The lowest BCUT2D eigenvalue weighted by Gasteiger charge is -2.05. The van der Waals surface area contributed by atoms with Crippen LogP contribution >= 0.6 is 0 Å². The molecule has 5 nitrogen and oxygen atoms in total. The van der Waals surface area contributed by atoms with Gasteiger partial charge in [-0.25, -0.2) is 9.78 Å². The second-order valence-corrected chi connectivity index (χ2v) is 4.00. The van der Waals surface area contributed by atoms with Crippen molar-refractivity contribution in [1.82, 2.24) is 9.97 Å². The molecule has 0 amide bonds. The van der Waals surface area contributed by atoms with Crippen molar-refractivity contribution in [3.63, 3.8) is 0 Å². The fourth-order valence-electron chi connectivity index (χ4n) is 1.50. The first-order valence-corrected chi connectivity index (χ1v) is 6.31. The summed E-state index contributed by atoms with van der Waals surface area (Å²) in [7, 11) is 1.31. The monoisotopic (exact) mass is 252 g/mol. The van der Waals surface area contributed by atoms with Gasteiger partial charge in [0.1, 0.15) is 0 Å². The van der Waals surface area contributed by atoms with Crippen LogP contribution in [0, 0.1) is 0 Å². The van der Waals surface area contributed by atoms with Crippen LogP contribution in [0.4, 0.5) is 0 Å². The predicted molar refractivity (Wildman–Crippen MR) is 67.6 cm³/mol. The fraction of sp³-hybridized carbons (Fsp3) is 0.615. The third kappa shape index (κ3) is 5.12. The van der Waals surface area contributed by atoms with Gasteiger partial charge in [0, 0.05) is 0 Å². The zero-order valence-corrected chi connectivity index (χ0v) is 11.0. The molecule has 100 valence electrons. The van der Waals surface area contributed by atoms with Crippen LogP contribution in [-0.2, 0) is 4.74 Å². The Kier molecular flexibility index (Phi) is 6.76. The Hall–Kier alpha value is -1.65. The van der Waals surface area contributed by atoms with Crippen LogP contribution in [0.1, 0.15) is 49.5 Å². The molecule has 0 fully saturated rings. The Morgan fingerprint density at radius 1 is 1.22 bits per heavy atom. The predicted octanol–water partition coefficient (Wildman–Crippen LogP) is 2.61. The van der Waals surface area contributed by atoms with Crippen LogP contribution in [0.25, 0.3) is 0 Å². The van der Waals surface area contributed by atoms with Gasteiger partial charge in [-0.05, 0) is 6.42 Å². The number of aromatic nitrogens is 2. The van der Waals surface area contributed by atoms with E-state index in [1.807, 2.05) is 0 Å². The van der Waals surface area contributed by atoms with Gasteiger partial charge >= 0.3 is 5.97 Å². The lowest BCUT2D eigenvalue weighted by molar-refractivity contribution is 0.0592. The Morgan fingerprint density at radius 2 is 2.00 bits per heavy atom. The van der Waals surface area contributed by atoms with Crippen molar-refractivity contribution in [2.45, 2.75) is 39.0 Å². The van der Waals surface area contributed by atoms with E-state index in [0.29, 0.717) is 12.5 Å². The van der Waals surface area contributed by atoms with Crippen LogP contribution in [0.3, 0.4) is 0 Å². The third-order valence-electron chi connectivity index (χ3n) is 2.50. The van der Waals surface area contributed by atoms with E-state index >= 15 is 0 Å². The molecule has 1 heterocycles. The van der Waals surface area contributed by atoms with Crippen LogP contribution in [-0.4, -0.2) is 29.7 Å². The first kappa shape index (κ1) is 14.4. The summed E-state index contributed by atoms with van der Waals surface area (Å²) in [6.07, 6.45) is 8.72. The number of methoxy groups -OCH3 is 1. The molecule has 0 radical (unpaired) electrons. The van der Waals surface area contributed by atoms with E-state index in [9.17, 15) is 4.79 Å². The van der Waals surface area contributed by atoms with Gasteiger partial charge in [-0.15, -0.1) is 0 Å². The summed E-state index contributed by atoms with van der Waals surface area (Å²) in [6, 6.07) is 0. The van der Waals surface area contributed by atoms with E-state index < -0.39 is 5.97 Å². The summed E-state index contributed by atoms with van der Waals surface area (Å²) in [5, 5.41) is 0. The van der Waals surface area contributed by atoms with Gasteiger partial charge in [0.2, 0.25) is 5.88 Å². The van der Waals surface area contributed by atoms with Crippen LogP contribution in [0.5, 0.6) is 5.88 Å². The molecule has 0 N–H and O–H groups in total. The molecular formula is C13H20N2O3. The van der Waals surface area contributed by atoms with Gasteiger partial charge in [0.15, 0.2) is 5.69 Å². The molecular weight excluding hydrogens is 232 g/mol. The molecule has 0 aromatic carbocycles. The van der Waals surface area contributed by atoms with E-state index in [0.717, 1.165) is 12.8 Å². The summed E-state index contributed by atoms with van der Waals surface area (Å²) >= 11 is 0. The maximum Gasteiger partial charge on any atom is 0.358 e. The number of hydrogen-bond donors (Lipinski definition) is 0. The molecule has 5 heteroatoms. The third-order valence-corrected chi connectivity index (χ3v) is 2.50. The quantitative estimate of drug-likeness (QED) is 0.525. The maximum absolute atomic E-state index is 11.2. The maximum atomic E-state index is 11.2. The lowest BCUT2D eigenvalue weighted by Crippen LogP contribution is -2.07. The minimum Gasteiger partial charge on any atom is -0.477 e. The van der Waals surface area contributed by atoms with E-state index in [2.05, 4.69) is 21.6 Å². The Balaban J connectivity index is 2.32. The number of hydrogen-bond acceptors (Lipinski definition) is 5. The molecule has 1 aromatic heterocycles. The molecule has 0 bridgehead atoms. The summed E-state index contributed by atoms with van der Waals surface area (Å²) in [6.45, 7) is 2.79. The molecule has 0 spiro atoms. The van der Waals surface area contributed by atoms with Gasteiger partial charge in [0.05, 0.1) is 26.1 Å². The summed E-state index contributed by atoms with van der Waals surface area (Å²) in [5.41, 5.74) is 0.168.